The molecule has 0 radical (unpaired) electrons. The van der Waals surface area contributed by atoms with E-state index in [1.165, 1.54) is 17.9 Å². The number of urea groups is 1. The highest BCUT2D eigenvalue weighted by molar-refractivity contribution is 5.95. The van der Waals surface area contributed by atoms with Crippen molar-refractivity contribution in [3.63, 3.8) is 0 Å². The zero-order valence-corrected chi connectivity index (χ0v) is 8.74. The third-order valence-corrected chi connectivity index (χ3v) is 2.14. The van der Waals surface area contributed by atoms with Gasteiger partial charge in [-0.25, -0.2) is 19.6 Å². The van der Waals surface area contributed by atoms with Gasteiger partial charge < -0.3 is 10.3 Å². The first-order valence-electron chi connectivity index (χ1n) is 4.52. The largest absolute Gasteiger partial charge is 0.341 e. The number of aryl methyl sites for hydroxylation is 1. The lowest BCUT2D eigenvalue weighted by Gasteiger charge is -2.03. The van der Waals surface area contributed by atoms with Crippen molar-refractivity contribution in [2.75, 3.05) is 12.4 Å². The minimum absolute atomic E-state index is 0.266. The topological polar surface area (TPSA) is 105 Å². The Kier molecular flexibility index (Phi) is 2.31. The van der Waals surface area contributed by atoms with E-state index in [1.54, 1.807) is 7.05 Å². The molecule has 0 atom stereocenters. The first-order valence-corrected chi connectivity index (χ1v) is 4.52. The van der Waals surface area contributed by atoms with Crippen LogP contribution in [-0.2, 0) is 7.05 Å². The van der Waals surface area contributed by atoms with Crippen molar-refractivity contribution in [1.82, 2.24) is 24.8 Å². The molecular weight excluding hydrogens is 212 g/mol. The highest BCUT2D eigenvalue weighted by Gasteiger charge is 2.11. The van der Waals surface area contributed by atoms with Gasteiger partial charge in [-0.1, -0.05) is 0 Å². The second kappa shape index (κ2) is 3.65. The van der Waals surface area contributed by atoms with Crippen LogP contribution in [0, 0.1) is 0 Å². The van der Waals surface area contributed by atoms with Gasteiger partial charge in [0.05, 0.1) is 0 Å². The van der Waals surface area contributed by atoms with Gasteiger partial charge in [-0.15, -0.1) is 0 Å². The van der Waals surface area contributed by atoms with Crippen LogP contribution in [-0.4, -0.2) is 32.6 Å². The van der Waals surface area contributed by atoms with E-state index in [0.717, 1.165) is 0 Å². The summed E-state index contributed by atoms with van der Waals surface area (Å²) in [6.45, 7) is 0. The second-order valence-corrected chi connectivity index (χ2v) is 3.11. The zero-order valence-electron chi connectivity index (χ0n) is 8.74. The molecule has 0 aliphatic rings. The Morgan fingerprint density at radius 1 is 1.50 bits per heavy atom. The van der Waals surface area contributed by atoms with E-state index in [4.69, 9.17) is 0 Å². The molecule has 0 aliphatic carbocycles. The van der Waals surface area contributed by atoms with Crippen LogP contribution in [0.15, 0.2) is 11.1 Å². The van der Waals surface area contributed by atoms with E-state index in [9.17, 15) is 9.59 Å². The van der Waals surface area contributed by atoms with Gasteiger partial charge in [-0.3, -0.25) is 9.88 Å². The molecule has 16 heavy (non-hydrogen) atoms. The number of aromatic nitrogens is 4. The molecule has 0 unspecified atom stereocenters. The lowest BCUT2D eigenvalue weighted by molar-refractivity contribution is 0.254. The summed E-state index contributed by atoms with van der Waals surface area (Å²) in [7, 11) is 3.07. The molecule has 0 bridgehead atoms. The molecule has 0 saturated carbocycles. The van der Waals surface area contributed by atoms with Gasteiger partial charge in [-0.05, 0) is 0 Å². The Labute approximate surface area is 89.7 Å². The smallest absolute Gasteiger partial charge is 0.327 e. The molecular formula is C8H10N6O2. The summed E-state index contributed by atoms with van der Waals surface area (Å²) in [6, 6.07) is -0.412. The molecule has 0 aliphatic heterocycles. The van der Waals surface area contributed by atoms with Crippen LogP contribution in [0.1, 0.15) is 0 Å². The SMILES string of the molecule is CNC(=O)Nc1ncnc2c1[nH]c(=O)n2C. The summed E-state index contributed by atoms with van der Waals surface area (Å²) in [5.41, 5.74) is 0.528. The van der Waals surface area contributed by atoms with Crippen LogP contribution in [0.2, 0.25) is 0 Å². The summed E-state index contributed by atoms with van der Waals surface area (Å²) in [5, 5.41) is 4.88. The van der Waals surface area contributed by atoms with E-state index >= 15 is 0 Å². The molecule has 3 N–H and O–H groups in total. The van der Waals surface area contributed by atoms with Crippen LogP contribution >= 0.6 is 0 Å². The predicted octanol–water partition coefficient (Wildman–Crippen LogP) is -0.592. The Morgan fingerprint density at radius 3 is 2.94 bits per heavy atom. The number of nitrogens with one attached hydrogen (secondary N) is 3. The van der Waals surface area contributed by atoms with E-state index in [2.05, 4.69) is 25.6 Å². The van der Waals surface area contributed by atoms with E-state index < -0.39 is 6.03 Å². The van der Waals surface area contributed by atoms with Gasteiger partial charge in [0.1, 0.15) is 11.8 Å². The highest BCUT2D eigenvalue weighted by Crippen LogP contribution is 2.13. The molecule has 8 nitrogen and oxygen atoms in total. The first kappa shape index (κ1) is 10.1. The number of carbonyl (C=O) groups is 1. The van der Waals surface area contributed by atoms with Crippen LogP contribution in [0.5, 0.6) is 0 Å². The summed E-state index contributed by atoms with van der Waals surface area (Å²) in [5.74, 6) is 0.266. The second-order valence-electron chi connectivity index (χ2n) is 3.11. The number of hydrogen-bond acceptors (Lipinski definition) is 4. The Bertz CT molecular complexity index is 598. The van der Waals surface area contributed by atoms with Crippen LogP contribution in [0.4, 0.5) is 10.6 Å². The third kappa shape index (κ3) is 1.49. The first-order chi connectivity index (χ1) is 7.63. The number of rotatable bonds is 1. The van der Waals surface area contributed by atoms with Gasteiger partial charge in [0.25, 0.3) is 0 Å². The molecule has 2 amide bonds. The van der Waals surface area contributed by atoms with Crippen molar-refractivity contribution in [3.8, 4) is 0 Å². The Hall–Kier alpha value is -2.38. The molecule has 0 fully saturated rings. The van der Waals surface area contributed by atoms with Crippen molar-refractivity contribution < 1.29 is 4.79 Å². The number of fused-ring (bicyclic) bond motifs is 1. The third-order valence-electron chi connectivity index (χ3n) is 2.14. The monoisotopic (exact) mass is 222 g/mol. The number of nitrogens with zero attached hydrogens (tertiary/aromatic N) is 3. The van der Waals surface area contributed by atoms with Crippen LogP contribution in [0.3, 0.4) is 0 Å². The fraction of sp³-hybridized carbons (Fsp3) is 0.250. The summed E-state index contributed by atoms with van der Waals surface area (Å²) in [6.07, 6.45) is 1.28. The Balaban J connectivity index is 2.58. The fourth-order valence-electron chi connectivity index (χ4n) is 1.30. The van der Waals surface area contributed by atoms with E-state index in [-0.39, 0.29) is 11.5 Å². The number of hydrogen-bond donors (Lipinski definition) is 3. The van der Waals surface area contributed by atoms with Gasteiger partial charge in [0.15, 0.2) is 11.5 Å². The maximum absolute atomic E-state index is 11.4. The number of aromatic amines is 1. The van der Waals surface area contributed by atoms with Gasteiger partial charge in [-0.2, -0.15) is 0 Å². The van der Waals surface area contributed by atoms with Crippen molar-refractivity contribution >= 4 is 23.0 Å². The molecule has 0 aromatic carbocycles. The zero-order chi connectivity index (χ0) is 11.7. The minimum atomic E-state index is -0.412. The van der Waals surface area contributed by atoms with Crippen LogP contribution < -0.4 is 16.3 Å². The van der Waals surface area contributed by atoms with Crippen molar-refractivity contribution in [2.45, 2.75) is 0 Å². The fourth-order valence-corrected chi connectivity index (χ4v) is 1.30. The number of anilines is 1. The number of carbonyl (C=O) groups excluding carboxylic acids is 1. The molecule has 0 saturated heterocycles. The average molecular weight is 222 g/mol. The molecule has 0 spiro atoms. The molecule has 2 aromatic rings. The summed E-state index contributed by atoms with van der Waals surface area (Å²) >= 11 is 0. The molecule has 84 valence electrons. The lowest BCUT2D eigenvalue weighted by atomic mass is 10.5. The molecule has 2 aromatic heterocycles. The normalized spacial score (nSPS) is 10.4. The maximum Gasteiger partial charge on any atom is 0.327 e. The van der Waals surface area contributed by atoms with Crippen molar-refractivity contribution in [3.05, 3.63) is 16.8 Å². The standard InChI is InChI=1S/C8H10N6O2/c1-9-7(15)13-5-4-6(11-3-10-5)14(2)8(16)12-4/h3H,1-2H3,(H,12,16)(H2,9,10,11,13,15). The molecule has 2 heterocycles. The number of H-pyrrole nitrogens is 1. The predicted molar refractivity (Wildman–Crippen MR) is 57.2 cm³/mol. The molecule has 8 heteroatoms. The summed E-state index contributed by atoms with van der Waals surface area (Å²) < 4.78 is 1.34. The Morgan fingerprint density at radius 2 is 2.25 bits per heavy atom. The van der Waals surface area contributed by atoms with Gasteiger partial charge >= 0.3 is 11.7 Å². The lowest BCUT2D eigenvalue weighted by Crippen LogP contribution is -2.25. The van der Waals surface area contributed by atoms with Crippen LogP contribution in [0.25, 0.3) is 11.2 Å². The number of amides is 2. The summed E-state index contributed by atoms with van der Waals surface area (Å²) in [4.78, 5) is 32.9. The molecule has 2 rings (SSSR count). The van der Waals surface area contributed by atoms with Gasteiger partial charge in [0.2, 0.25) is 0 Å². The van der Waals surface area contributed by atoms with E-state index in [1.807, 2.05) is 0 Å². The van der Waals surface area contributed by atoms with Crippen molar-refractivity contribution in [1.29, 1.82) is 0 Å². The van der Waals surface area contributed by atoms with Crippen molar-refractivity contribution in [2.24, 2.45) is 7.05 Å². The minimum Gasteiger partial charge on any atom is -0.341 e. The maximum atomic E-state index is 11.4. The quantitative estimate of drug-likeness (QED) is 0.599. The van der Waals surface area contributed by atoms with Gasteiger partial charge in [0, 0.05) is 14.1 Å². The highest BCUT2D eigenvalue weighted by atomic mass is 16.2. The van der Waals surface area contributed by atoms with E-state index in [0.29, 0.717) is 11.2 Å². The number of imidazole rings is 1. The average Bonchev–Trinajstić information content (AvgIpc) is 2.57.